The van der Waals surface area contributed by atoms with E-state index in [1.807, 2.05) is 39.3 Å². The Bertz CT molecular complexity index is 534. The van der Waals surface area contributed by atoms with Crippen molar-refractivity contribution < 1.29 is 8.85 Å². The zero-order valence-electron chi connectivity index (χ0n) is 12.9. The van der Waals surface area contributed by atoms with E-state index in [1.165, 1.54) is 0 Å². The summed E-state index contributed by atoms with van der Waals surface area (Å²) >= 11 is 0. The predicted octanol–water partition coefficient (Wildman–Crippen LogP) is 3.86. The number of hydrogen-bond donors (Lipinski definition) is 0. The van der Waals surface area contributed by atoms with Gasteiger partial charge in [-0.05, 0) is 51.4 Å². The van der Waals surface area contributed by atoms with Gasteiger partial charge in [-0.15, -0.1) is 0 Å². The van der Waals surface area contributed by atoms with Gasteiger partial charge in [0.2, 0.25) is 16.6 Å². The Balaban J connectivity index is 3.36. The van der Waals surface area contributed by atoms with Crippen molar-refractivity contribution in [2.24, 2.45) is 0 Å². The molecular weight excluding hydrogens is 284 g/mol. The molecule has 0 N–H and O–H groups in total. The summed E-state index contributed by atoms with van der Waals surface area (Å²) in [7, 11) is -3.68. The Kier molecular flexibility index (Phi) is 4.64. The molecule has 0 amide bonds. The van der Waals surface area contributed by atoms with E-state index >= 15 is 0 Å². The molecule has 0 heterocycles. The largest absolute Gasteiger partial charge is 0.543 e. The van der Waals surface area contributed by atoms with E-state index in [0.29, 0.717) is 11.5 Å². The summed E-state index contributed by atoms with van der Waals surface area (Å²) in [6, 6.07) is 7.61. The van der Waals surface area contributed by atoms with Gasteiger partial charge in [-0.2, -0.15) is 10.5 Å². The number of rotatable bonds is 4. The third-order valence-corrected chi connectivity index (χ3v) is 3.85. The highest BCUT2D eigenvalue weighted by atomic mass is 28.4. The Morgan fingerprint density at radius 1 is 0.750 bits per heavy atom. The predicted molar refractivity (Wildman–Crippen MR) is 83.8 cm³/mol. The molecule has 0 fully saturated rings. The SMILES string of the molecule is C[Si](C)(C)Oc1ccc(O[Si](C)(C)C)c(C#N)c1C#N. The number of benzene rings is 1. The van der Waals surface area contributed by atoms with Crippen molar-refractivity contribution in [3.8, 4) is 23.6 Å². The lowest BCUT2D eigenvalue weighted by Gasteiger charge is -2.23. The van der Waals surface area contributed by atoms with Gasteiger partial charge in [-0.25, -0.2) is 0 Å². The third-order valence-electron chi connectivity index (χ3n) is 2.18. The molecule has 1 aromatic carbocycles. The second-order valence-corrected chi connectivity index (χ2v) is 15.3. The van der Waals surface area contributed by atoms with Gasteiger partial charge in [0.1, 0.15) is 34.8 Å². The Morgan fingerprint density at radius 3 is 1.25 bits per heavy atom. The van der Waals surface area contributed by atoms with Crippen LogP contribution in [-0.2, 0) is 0 Å². The van der Waals surface area contributed by atoms with Crippen LogP contribution in [0.2, 0.25) is 39.3 Å². The molecule has 20 heavy (non-hydrogen) atoms. The number of nitrogens with zero attached hydrogens (tertiary/aromatic N) is 2. The van der Waals surface area contributed by atoms with E-state index in [-0.39, 0.29) is 11.1 Å². The van der Waals surface area contributed by atoms with E-state index < -0.39 is 16.6 Å². The molecule has 0 aromatic heterocycles. The molecule has 0 saturated carbocycles. The van der Waals surface area contributed by atoms with Crippen LogP contribution in [0.15, 0.2) is 12.1 Å². The summed E-state index contributed by atoms with van der Waals surface area (Å²) in [5.74, 6) is 0.956. The van der Waals surface area contributed by atoms with Crippen LogP contribution in [-0.4, -0.2) is 16.6 Å². The smallest absolute Gasteiger partial charge is 0.242 e. The molecule has 0 saturated heterocycles. The topological polar surface area (TPSA) is 66.0 Å². The van der Waals surface area contributed by atoms with Crippen molar-refractivity contribution in [3.05, 3.63) is 23.3 Å². The molecule has 0 atom stereocenters. The van der Waals surface area contributed by atoms with Gasteiger partial charge in [-0.1, -0.05) is 0 Å². The number of hydrogen-bond acceptors (Lipinski definition) is 4. The van der Waals surface area contributed by atoms with E-state index in [0.717, 1.165) is 0 Å². The first-order valence-corrected chi connectivity index (χ1v) is 13.2. The molecule has 0 bridgehead atoms. The van der Waals surface area contributed by atoms with E-state index in [1.54, 1.807) is 12.1 Å². The molecule has 6 heteroatoms. The maximum atomic E-state index is 9.34. The Labute approximate surface area is 122 Å². The lowest BCUT2D eigenvalue weighted by molar-refractivity contribution is 0.539. The highest BCUT2D eigenvalue weighted by molar-refractivity contribution is 6.70. The normalized spacial score (nSPS) is 11.4. The summed E-state index contributed by atoms with van der Waals surface area (Å²) in [5.41, 5.74) is 0.538. The first kappa shape index (κ1) is 16.3. The van der Waals surface area contributed by atoms with Crippen molar-refractivity contribution >= 4 is 16.6 Å². The minimum Gasteiger partial charge on any atom is -0.543 e. The lowest BCUT2D eigenvalue weighted by atomic mass is 10.1. The first-order chi connectivity index (χ1) is 9.07. The van der Waals surface area contributed by atoms with Gasteiger partial charge in [-0.3, -0.25) is 0 Å². The van der Waals surface area contributed by atoms with Crippen LogP contribution < -0.4 is 8.85 Å². The van der Waals surface area contributed by atoms with Crippen molar-refractivity contribution in [2.45, 2.75) is 39.3 Å². The fourth-order valence-corrected chi connectivity index (χ4v) is 3.28. The third kappa shape index (κ3) is 4.41. The van der Waals surface area contributed by atoms with Gasteiger partial charge < -0.3 is 8.85 Å². The zero-order valence-corrected chi connectivity index (χ0v) is 14.9. The Morgan fingerprint density at radius 2 is 1.05 bits per heavy atom. The second kappa shape index (κ2) is 5.70. The lowest BCUT2D eigenvalue weighted by Crippen LogP contribution is -2.31. The summed E-state index contributed by atoms with van der Waals surface area (Å²) in [6.45, 7) is 12.2. The summed E-state index contributed by atoms with van der Waals surface area (Å²) in [5, 5.41) is 18.7. The highest BCUT2D eigenvalue weighted by Gasteiger charge is 2.24. The maximum absolute atomic E-state index is 9.34. The quantitative estimate of drug-likeness (QED) is 0.792. The average molecular weight is 304 g/mol. The molecule has 0 aliphatic heterocycles. The summed E-state index contributed by atoms with van der Waals surface area (Å²) < 4.78 is 11.7. The minimum absolute atomic E-state index is 0.269. The molecule has 1 aromatic rings. The maximum Gasteiger partial charge on any atom is 0.242 e. The van der Waals surface area contributed by atoms with Gasteiger partial charge in [0.05, 0.1) is 0 Å². The van der Waals surface area contributed by atoms with Gasteiger partial charge in [0, 0.05) is 0 Å². The van der Waals surface area contributed by atoms with Crippen LogP contribution >= 0.6 is 0 Å². The van der Waals surface area contributed by atoms with Crippen molar-refractivity contribution in [3.63, 3.8) is 0 Å². The fraction of sp³-hybridized carbons (Fsp3) is 0.429. The van der Waals surface area contributed by atoms with Gasteiger partial charge in [0.25, 0.3) is 0 Å². The highest BCUT2D eigenvalue weighted by Crippen LogP contribution is 2.32. The molecule has 106 valence electrons. The van der Waals surface area contributed by atoms with Crippen LogP contribution in [0.3, 0.4) is 0 Å². The molecule has 0 spiro atoms. The standard InChI is InChI=1S/C14H20N2O2Si2/c1-19(2,3)17-13-7-8-14(18-20(4,5)6)12(10-16)11(13)9-15/h7-8H,1-6H3. The van der Waals surface area contributed by atoms with Crippen LogP contribution in [0.4, 0.5) is 0 Å². The van der Waals surface area contributed by atoms with Crippen LogP contribution in [0, 0.1) is 22.7 Å². The van der Waals surface area contributed by atoms with Gasteiger partial charge in [0.15, 0.2) is 0 Å². The molecule has 1 rings (SSSR count). The monoisotopic (exact) mass is 304 g/mol. The molecule has 0 radical (unpaired) electrons. The molecule has 0 unspecified atom stereocenters. The molecule has 0 aliphatic rings. The minimum atomic E-state index is -1.84. The van der Waals surface area contributed by atoms with Gasteiger partial charge >= 0.3 is 0 Å². The molecule has 4 nitrogen and oxygen atoms in total. The summed E-state index contributed by atoms with van der Waals surface area (Å²) in [6.07, 6.45) is 0. The molecule has 0 aliphatic carbocycles. The fourth-order valence-electron chi connectivity index (χ4n) is 1.62. The van der Waals surface area contributed by atoms with Crippen LogP contribution in [0.5, 0.6) is 11.5 Å². The van der Waals surface area contributed by atoms with Crippen LogP contribution in [0.1, 0.15) is 11.1 Å². The van der Waals surface area contributed by atoms with Crippen molar-refractivity contribution in [1.82, 2.24) is 0 Å². The van der Waals surface area contributed by atoms with E-state index in [4.69, 9.17) is 8.85 Å². The van der Waals surface area contributed by atoms with Crippen molar-refractivity contribution in [1.29, 1.82) is 10.5 Å². The van der Waals surface area contributed by atoms with Crippen LogP contribution in [0.25, 0.3) is 0 Å². The van der Waals surface area contributed by atoms with E-state index in [2.05, 4.69) is 12.1 Å². The van der Waals surface area contributed by atoms with Crippen molar-refractivity contribution in [2.75, 3.05) is 0 Å². The summed E-state index contributed by atoms with van der Waals surface area (Å²) in [4.78, 5) is 0. The van der Waals surface area contributed by atoms with E-state index in [9.17, 15) is 10.5 Å². The first-order valence-electron chi connectivity index (χ1n) is 6.42. The zero-order chi connectivity index (χ0) is 15.6. The Hall–Kier alpha value is -1.77. The molecular formula is C14H20N2O2Si2. The number of nitriles is 2. The second-order valence-electron chi connectivity index (χ2n) is 6.46. The average Bonchev–Trinajstić information content (AvgIpc) is 2.26.